The lowest BCUT2D eigenvalue weighted by atomic mass is 10.0. The Bertz CT molecular complexity index is 717. The summed E-state index contributed by atoms with van der Waals surface area (Å²) >= 11 is 3.34. The minimum atomic E-state index is -0.208. The molecule has 0 spiro atoms. The molecular weight excluding hydrogens is 316 g/mol. The molecule has 3 nitrogen and oxygen atoms in total. The van der Waals surface area contributed by atoms with Gasteiger partial charge in [-0.3, -0.25) is 4.79 Å². The van der Waals surface area contributed by atoms with Gasteiger partial charge in [0.05, 0.1) is 11.3 Å². The van der Waals surface area contributed by atoms with Crippen LogP contribution < -0.4 is 5.32 Å². The zero-order valence-corrected chi connectivity index (χ0v) is 12.8. The highest BCUT2D eigenvalue weighted by atomic mass is 79.9. The SMILES string of the molecule is Cc1ccc(C)c(C(=O)Nc2cc(Br)ccc2C#N)c1. The van der Waals surface area contributed by atoms with Crippen LogP contribution in [0.5, 0.6) is 0 Å². The summed E-state index contributed by atoms with van der Waals surface area (Å²) in [5.41, 5.74) is 3.49. The Kier molecular flexibility index (Phi) is 4.21. The molecule has 0 aliphatic carbocycles. The lowest BCUT2D eigenvalue weighted by Gasteiger charge is -2.10. The molecule has 0 atom stereocenters. The summed E-state index contributed by atoms with van der Waals surface area (Å²) < 4.78 is 0.813. The van der Waals surface area contributed by atoms with E-state index in [-0.39, 0.29) is 5.91 Å². The van der Waals surface area contributed by atoms with Crippen LogP contribution in [-0.4, -0.2) is 5.91 Å². The molecule has 20 heavy (non-hydrogen) atoms. The maximum atomic E-state index is 12.3. The summed E-state index contributed by atoms with van der Waals surface area (Å²) in [5, 5.41) is 11.9. The van der Waals surface area contributed by atoms with Gasteiger partial charge in [0.2, 0.25) is 0 Å². The quantitative estimate of drug-likeness (QED) is 0.898. The standard InChI is InChI=1S/C16H13BrN2O/c1-10-3-4-11(2)14(7-10)16(20)19-15-8-13(17)6-5-12(15)9-18/h3-8H,1-2H3,(H,19,20). The summed E-state index contributed by atoms with van der Waals surface area (Å²) in [4.78, 5) is 12.3. The van der Waals surface area contributed by atoms with Crippen LogP contribution in [0.4, 0.5) is 5.69 Å². The van der Waals surface area contributed by atoms with Crippen LogP contribution in [-0.2, 0) is 0 Å². The van der Waals surface area contributed by atoms with Crippen LogP contribution in [0.25, 0.3) is 0 Å². The fraction of sp³-hybridized carbons (Fsp3) is 0.125. The first-order valence-corrected chi connectivity index (χ1v) is 6.89. The number of hydrogen-bond donors (Lipinski definition) is 1. The van der Waals surface area contributed by atoms with Crippen LogP contribution in [0.1, 0.15) is 27.0 Å². The predicted octanol–water partition coefficient (Wildman–Crippen LogP) is 4.19. The lowest BCUT2D eigenvalue weighted by molar-refractivity contribution is 0.102. The second-order valence-electron chi connectivity index (χ2n) is 4.57. The lowest BCUT2D eigenvalue weighted by Crippen LogP contribution is -2.14. The van der Waals surface area contributed by atoms with Crippen LogP contribution in [0.2, 0.25) is 0 Å². The number of hydrogen-bond acceptors (Lipinski definition) is 2. The summed E-state index contributed by atoms with van der Waals surface area (Å²) in [6.07, 6.45) is 0. The molecule has 2 aromatic rings. The molecule has 4 heteroatoms. The van der Waals surface area contributed by atoms with E-state index in [1.165, 1.54) is 0 Å². The first kappa shape index (κ1) is 14.3. The van der Waals surface area contributed by atoms with Gasteiger partial charge in [0.1, 0.15) is 6.07 Å². The van der Waals surface area contributed by atoms with Crippen LogP contribution >= 0.6 is 15.9 Å². The normalized spacial score (nSPS) is 9.90. The van der Waals surface area contributed by atoms with Crippen molar-refractivity contribution < 1.29 is 4.79 Å². The van der Waals surface area contributed by atoms with E-state index in [4.69, 9.17) is 5.26 Å². The Hall–Kier alpha value is -2.12. The fourth-order valence-corrected chi connectivity index (χ4v) is 2.25. The Morgan fingerprint density at radius 2 is 1.95 bits per heavy atom. The Labute approximate surface area is 126 Å². The molecule has 0 aliphatic rings. The number of rotatable bonds is 2. The molecule has 0 heterocycles. The maximum Gasteiger partial charge on any atom is 0.255 e. The molecule has 0 unspecified atom stereocenters. The fourth-order valence-electron chi connectivity index (χ4n) is 1.89. The zero-order valence-electron chi connectivity index (χ0n) is 11.2. The van der Waals surface area contributed by atoms with Crippen molar-refractivity contribution in [3.63, 3.8) is 0 Å². The van der Waals surface area contributed by atoms with E-state index < -0.39 is 0 Å². The van der Waals surface area contributed by atoms with E-state index in [0.717, 1.165) is 15.6 Å². The monoisotopic (exact) mass is 328 g/mol. The highest BCUT2D eigenvalue weighted by Gasteiger charge is 2.12. The van der Waals surface area contributed by atoms with Crippen molar-refractivity contribution in [1.82, 2.24) is 0 Å². The van der Waals surface area contributed by atoms with Crippen molar-refractivity contribution in [2.24, 2.45) is 0 Å². The molecular formula is C16H13BrN2O. The largest absolute Gasteiger partial charge is 0.321 e. The minimum absolute atomic E-state index is 0.208. The van der Waals surface area contributed by atoms with Gasteiger partial charge in [-0.05, 0) is 43.7 Å². The number of amides is 1. The number of anilines is 1. The molecule has 2 rings (SSSR count). The van der Waals surface area contributed by atoms with Crippen molar-refractivity contribution in [1.29, 1.82) is 5.26 Å². The number of nitrogens with one attached hydrogen (secondary N) is 1. The van der Waals surface area contributed by atoms with Crippen molar-refractivity contribution >= 4 is 27.5 Å². The number of carbonyl (C=O) groups is 1. The third kappa shape index (κ3) is 3.06. The predicted molar refractivity (Wildman–Crippen MR) is 82.7 cm³/mol. The molecule has 0 aliphatic heterocycles. The van der Waals surface area contributed by atoms with E-state index in [1.54, 1.807) is 18.2 Å². The third-order valence-corrected chi connectivity index (χ3v) is 3.48. The third-order valence-electron chi connectivity index (χ3n) is 2.99. The van der Waals surface area contributed by atoms with Gasteiger partial charge in [0, 0.05) is 10.0 Å². The van der Waals surface area contributed by atoms with Gasteiger partial charge in [0.15, 0.2) is 0 Å². The molecule has 0 bridgehead atoms. The van der Waals surface area contributed by atoms with Crippen molar-refractivity contribution in [2.75, 3.05) is 5.32 Å². The summed E-state index contributed by atoms with van der Waals surface area (Å²) in [6.45, 7) is 3.83. The van der Waals surface area contributed by atoms with Gasteiger partial charge in [0.25, 0.3) is 5.91 Å². The first-order chi connectivity index (χ1) is 9.51. The Morgan fingerprint density at radius 3 is 2.65 bits per heavy atom. The van der Waals surface area contributed by atoms with E-state index in [9.17, 15) is 4.79 Å². The molecule has 100 valence electrons. The molecule has 0 aromatic heterocycles. The van der Waals surface area contributed by atoms with Crippen LogP contribution in [0.15, 0.2) is 40.9 Å². The molecule has 1 N–H and O–H groups in total. The molecule has 0 radical (unpaired) electrons. The van der Waals surface area contributed by atoms with Crippen LogP contribution in [0.3, 0.4) is 0 Å². The van der Waals surface area contributed by atoms with Gasteiger partial charge < -0.3 is 5.32 Å². The van der Waals surface area contributed by atoms with E-state index in [0.29, 0.717) is 16.8 Å². The van der Waals surface area contributed by atoms with E-state index in [1.807, 2.05) is 32.0 Å². The molecule has 0 fully saturated rings. The zero-order chi connectivity index (χ0) is 14.7. The second-order valence-corrected chi connectivity index (χ2v) is 5.49. The summed E-state index contributed by atoms with van der Waals surface area (Å²) in [7, 11) is 0. The van der Waals surface area contributed by atoms with Gasteiger partial charge in [-0.25, -0.2) is 0 Å². The van der Waals surface area contributed by atoms with Gasteiger partial charge in [-0.2, -0.15) is 5.26 Å². The average molecular weight is 329 g/mol. The molecule has 0 saturated heterocycles. The highest BCUT2D eigenvalue weighted by Crippen LogP contribution is 2.22. The van der Waals surface area contributed by atoms with Crippen molar-refractivity contribution in [3.8, 4) is 6.07 Å². The Balaban J connectivity index is 2.35. The van der Waals surface area contributed by atoms with Gasteiger partial charge in [-0.1, -0.05) is 33.6 Å². The number of nitriles is 1. The average Bonchev–Trinajstić information content (AvgIpc) is 2.41. The topological polar surface area (TPSA) is 52.9 Å². The Morgan fingerprint density at radius 1 is 1.20 bits per heavy atom. The second kappa shape index (κ2) is 5.89. The van der Waals surface area contributed by atoms with Gasteiger partial charge >= 0.3 is 0 Å². The van der Waals surface area contributed by atoms with Crippen molar-refractivity contribution in [3.05, 3.63) is 63.1 Å². The van der Waals surface area contributed by atoms with Gasteiger partial charge in [-0.15, -0.1) is 0 Å². The summed E-state index contributed by atoms with van der Waals surface area (Å²) in [5.74, 6) is -0.208. The molecule has 0 saturated carbocycles. The number of benzene rings is 2. The van der Waals surface area contributed by atoms with E-state index >= 15 is 0 Å². The summed E-state index contributed by atoms with van der Waals surface area (Å²) in [6, 6.07) is 13.0. The number of nitrogens with zero attached hydrogens (tertiary/aromatic N) is 1. The minimum Gasteiger partial charge on any atom is -0.321 e. The maximum absolute atomic E-state index is 12.3. The number of halogens is 1. The van der Waals surface area contributed by atoms with E-state index in [2.05, 4.69) is 27.3 Å². The molecule has 1 amide bonds. The van der Waals surface area contributed by atoms with Crippen molar-refractivity contribution in [2.45, 2.75) is 13.8 Å². The molecule has 2 aromatic carbocycles. The smallest absolute Gasteiger partial charge is 0.255 e. The van der Waals surface area contributed by atoms with Crippen LogP contribution in [0, 0.1) is 25.2 Å². The first-order valence-electron chi connectivity index (χ1n) is 6.09. The highest BCUT2D eigenvalue weighted by molar-refractivity contribution is 9.10. The number of aryl methyl sites for hydroxylation is 2. The number of carbonyl (C=O) groups excluding carboxylic acids is 1.